The zero-order chi connectivity index (χ0) is 11.7. The van der Waals surface area contributed by atoms with Gasteiger partial charge in [0.1, 0.15) is 5.69 Å². The Morgan fingerprint density at radius 3 is 2.44 bits per heavy atom. The summed E-state index contributed by atoms with van der Waals surface area (Å²) in [6.45, 7) is 3.68. The molecule has 0 radical (unpaired) electrons. The summed E-state index contributed by atoms with van der Waals surface area (Å²) in [6.07, 6.45) is 3.39. The van der Waals surface area contributed by atoms with Crippen molar-refractivity contribution in [2.45, 2.75) is 13.8 Å². The molecule has 82 valence electrons. The van der Waals surface area contributed by atoms with Crippen LogP contribution in [-0.2, 0) is 0 Å². The summed E-state index contributed by atoms with van der Waals surface area (Å²) >= 11 is 0. The molecule has 4 heteroatoms. The summed E-state index contributed by atoms with van der Waals surface area (Å²) in [5.74, 6) is -0.930. The van der Waals surface area contributed by atoms with Gasteiger partial charge in [-0.25, -0.2) is 4.79 Å². The van der Waals surface area contributed by atoms with E-state index in [1.54, 1.807) is 12.4 Å². The van der Waals surface area contributed by atoms with Crippen molar-refractivity contribution in [3.05, 3.63) is 41.5 Å². The molecule has 0 aromatic carbocycles. The fourth-order valence-corrected chi connectivity index (χ4v) is 1.92. The Morgan fingerprint density at radius 1 is 1.31 bits per heavy atom. The van der Waals surface area contributed by atoms with Crippen molar-refractivity contribution in [2.24, 2.45) is 0 Å². The molecule has 2 aromatic heterocycles. The van der Waals surface area contributed by atoms with Crippen molar-refractivity contribution in [3.63, 3.8) is 0 Å². The largest absolute Gasteiger partial charge is 0.477 e. The second kappa shape index (κ2) is 3.81. The van der Waals surface area contributed by atoms with Gasteiger partial charge in [-0.1, -0.05) is 0 Å². The first kappa shape index (κ1) is 10.4. The number of pyridine rings is 1. The van der Waals surface area contributed by atoms with Gasteiger partial charge in [-0.15, -0.1) is 0 Å². The van der Waals surface area contributed by atoms with E-state index in [1.807, 2.05) is 26.0 Å². The lowest BCUT2D eigenvalue weighted by molar-refractivity contribution is 0.0690. The van der Waals surface area contributed by atoms with Crippen molar-refractivity contribution >= 4 is 5.97 Å². The van der Waals surface area contributed by atoms with Crippen molar-refractivity contribution in [1.29, 1.82) is 0 Å². The van der Waals surface area contributed by atoms with Crippen LogP contribution < -0.4 is 0 Å². The lowest BCUT2D eigenvalue weighted by Crippen LogP contribution is -1.98. The Kier molecular flexibility index (Phi) is 2.48. The van der Waals surface area contributed by atoms with Crippen LogP contribution in [0.2, 0.25) is 0 Å². The number of aromatic nitrogens is 2. The molecule has 0 amide bonds. The second-order valence-electron chi connectivity index (χ2n) is 3.67. The average molecular weight is 216 g/mol. The van der Waals surface area contributed by atoms with E-state index < -0.39 is 5.97 Å². The number of aromatic amines is 1. The molecule has 0 saturated heterocycles. The third kappa shape index (κ3) is 1.58. The molecule has 16 heavy (non-hydrogen) atoms. The number of nitrogens with zero attached hydrogens (tertiary/aromatic N) is 1. The Bertz CT molecular complexity index is 529. The first-order chi connectivity index (χ1) is 7.61. The molecule has 2 aromatic rings. The molecule has 0 fully saturated rings. The Labute approximate surface area is 93.0 Å². The number of hydrogen-bond donors (Lipinski definition) is 2. The Morgan fingerprint density at radius 2 is 1.94 bits per heavy atom. The molecule has 0 bridgehead atoms. The Hall–Kier alpha value is -2.10. The highest BCUT2D eigenvalue weighted by Crippen LogP contribution is 2.28. The van der Waals surface area contributed by atoms with Crippen LogP contribution in [-0.4, -0.2) is 21.0 Å². The minimum Gasteiger partial charge on any atom is -0.477 e. The highest BCUT2D eigenvalue weighted by Gasteiger charge is 2.17. The first-order valence-electron chi connectivity index (χ1n) is 4.94. The maximum atomic E-state index is 11.0. The Balaban J connectivity index is 2.63. The van der Waals surface area contributed by atoms with Crippen LogP contribution >= 0.6 is 0 Å². The summed E-state index contributed by atoms with van der Waals surface area (Å²) in [5, 5.41) is 9.01. The van der Waals surface area contributed by atoms with E-state index in [9.17, 15) is 4.79 Å². The molecule has 0 unspecified atom stereocenters. The quantitative estimate of drug-likeness (QED) is 0.810. The van der Waals surface area contributed by atoms with Crippen LogP contribution in [0.15, 0.2) is 24.5 Å². The standard InChI is InChI=1S/C12H12N2O2/c1-7-10(9-3-5-13-6-4-9)8(2)14-11(7)12(15)16/h3-6,14H,1-2H3,(H,15,16). The van der Waals surface area contributed by atoms with Gasteiger partial charge in [0.05, 0.1) is 0 Å². The maximum absolute atomic E-state index is 11.0. The summed E-state index contributed by atoms with van der Waals surface area (Å²) in [4.78, 5) is 17.8. The van der Waals surface area contributed by atoms with E-state index in [0.717, 1.165) is 22.4 Å². The topological polar surface area (TPSA) is 66.0 Å². The number of carbonyl (C=O) groups is 1. The lowest BCUT2D eigenvalue weighted by Gasteiger charge is -2.01. The average Bonchev–Trinajstić information content (AvgIpc) is 2.56. The van der Waals surface area contributed by atoms with E-state index >= 15 is 0 Å². The molecule has 0 spiro atoms. The molecule has 2 N–H and O–H groups in total. The molecule has 2 heterocycles. The SMILES string of the molecule is Cc1[nH]c(C(=O)O)c(C)c1-c1ccncc1. The third-order valence-electron chi connectivity index (χ3n) is 2.62. The van der Waals surface area contributed by atoms with Gasteiger partial charge < -0.3 is 10.1 Å². The van der Waals surface area contributed by atoms with Gasteiger partial charge in [0.25, 0.3) is 0 Å². The highest BCUT2D eigenvalue weighted by molar-refractivity contribution is 5.91. The predicted octanol–water partition coefficient (Wildman–Crippen LogP) is 2.39. The number of carboxylic acid groups (broad SMARTS) is 1. The summed E-state index contributed by atoms with van der Waals surface area (Å²) in [5.41, 5.74) is 3.80. The van der Waals surface area contributed by atoms with Gasteiger partial charge in [0.15, 0.2) is 0 Å². The second-order valence-corrected chi connectivity index (χ2v) is 3.67. The van der Waals surface area contributed by atoms with E-state index in [-0.39, 0.29) is 5.69 Å². The molecular weight excluding hydrogens is 204 g/mol. The normalized spacial score (nSPS) is 10.4. The van der Waals surface area contributed by atoms with Crippen LogP contribution in [0.4, 0.5) is 0 Å². The zero-order valence-electron chi connectivity index (χ0n) is 9.11. The molecule has 0 aliphatic carbocycles. The molecule has 0 aliphatic rings. The fraction of sp³-hybridized carbons (Fsp3) is 0.167. The van der Waals surface area contributed by atoms with Gasteiger partial charge in [0.2, 0.25) is 0 Å². The number of aromatic carboxylic acids is 1. The van der Waals surface area contributed by atoms with Crippen LogP contribution in [0.25, 0.3) is 11.1 Å². The van der Waals surface area contributed by atoms with Crippen LogP contribution in [0.1, 0.15) is 21.7 Å². The van der Waals surface area contributed by atoms with Gasteiger partial charge in [-0.2, -0.15) is 0 Å². The predicted molar refractivity (Wildman–Crippen MR) is 60.5 cm³/mol. The highest BCUT2D eigenvalue weighted by atomic mass is 16.4. The molecule has 0 atom stereocenters. The summed E-state index contributed by atoms with van der Waals surface area (Å²) in [7, 11) is 0. The van der Waals surface area contributed by atoms with Crippen molar-refractivity contribution in [2.75, 3.05) is 0 Å². The summed E-state index contributed by atoms with van der Waals surface area (Å²) < 4.78 is 0. The first-order valence-corrected chi connectivity index (χ1v) is 4.94. The minimum atomic E-state index is -0.930. The molecule has 2 rings (SSSR count). The molecule has 4 nitrogen and oxygen atoms in total. The van der Waals surface area contributed by atoms with Gasteiger partial charge in [0, 0.05) is 23.7 Å². The van der Waals surface area contributed by atoms with Gasteiger partial charge in [-0.3, -0.25) is 4.98 Å². The van der Waals surface area contributed by atoms with E-state index in [0.29, 0.717) is 0 Å². The number of nitrogens with one attached hydrogen (secondary N) is 1. The lowest BCUT2D eigenvalue weighted by atomic mass is 10.0. The molecule has 0 saturated carbocycles. The van der Waals surface area contributed by atoms with Gasteiger partial charge in [-0.05, 0) is 37.1 Å². The molecule has 0 aliphatic heterocycles. The van der Waals surface area contributed by atoms with E-state index in [1.165, 1.54) is 0 Å². The van der Waals surface area contributed by atoms with Crippen LogP contribution in [0.5, 0.6) is 0 Å². The van der Waals surface area contributed by atoms with E-state index in [4.69, 9.17) is 5.11 Å². The van der Waals surface area contributed by atoms with Crippen LogP contribution in [0, 0.1) is 13.8 Å². The smallest absolute Gasteiger partial charge is 0.352 e. The number of rotatable bonds is 2. The van der Waals surface area contributed by atoms with Crippen molar-refractivity contribution in [3.8, 4) is 11.1 Å². The minimum absolute atomic E-state index is 0.254. The number of hydrogen-bond acceptors (Lipinski definition) is 2. The van der Waals surface area contributed by atoms with E-state index in [2.05, 4.69) is 9.97 Å². The number of aryl methyl sites for hydroxylation is 1. The maximum Gasteiger partial charge on any atom is 0.352 e. The van der Waals surface area contributed by atoms with Crippen molar-refractivity contribution in [1.82, 2.24) is 9.97 Å². The zero-order valence-corrected chi connectivity index (χ0v) is 9.11. The molecular formula is C12H12N2O2. The summed E-state index contributed by atoms with van der Waals surface area (Å²) in [6, 6.07) is 3.74. The monoisotopic (exact) mass is 216 g/mol. The van der Waals surface area contributed by atoms with Gasteiger partial charge >= 0.3 is 5.97 Å². The number of H-pyrrole nitrogens is 1. The van der Waals surface area contributed by atoms with Crippen molar-refractivity contribution < 1.29 is 9.90 Å². The third-order valence-corrected chi connectivity index (χ3v) is 2.62. The number of carboxylic acids is 1. The fourth-order valence-electron chi connectivity index (χ4n) is 1.92. The van der Waals surface area contributed by atoms with Crippen LogP contribution in [0.3, 0.4) is 0 Å².